The molecule has 0 fully saturated rings. The number of phosphoric ester groups is 2. The second kappa shape index (κ2) is 71.3. The summed E-state index contributed by atoms with van der Waals surface area (Å²) in [5, 5.41) is 10.6. The number of carbonyl (C=O) groups excluding carboxylic acids is 4. The summed E-state index contributed by atoms with van der Waals surface area (Å²) in [6, 6.07) is 0. The van der Waals surface area contributed by atoms with Crippen molar-refractivity contribution in [3.05, 3.63) is 0 Å². The van der Waals surface area contributed by atoms with E-state index in [1.807, 2.05) is 0 Å². The molecule has 0 amide bonds. The largest absolute Gasteiger partial charge is 0.472 e. The lowest BCUT2D eigenvalue weighted by Crippen LogP contribution is -2.30. The quantitative estimate of drug-likeness (QED) is 0.0222. The normalized spacial score (nSPS) is 14.0. The first-order valence-electron chi connectivity index (χ1n) is 41.8. The lowest BCUT2D eigenvalue weighted by Gasteiger charge is -2.21. The zero-order valence-corrected chi connectivity index (χ0v) is 67.5. The molecular weight excluding hydrogens is 1310 g/mol. The topological polar surface area (TPSA) is 237 Å². The summed E-state index contributed by atoms with van der Waals surface area (Å²) >= 11 is 0. The Morgan fingerprint density at radius 3 is 0.680 bits per heavy atom. The average molecular weight is 1470 g/mol. The van der Waals surface area contributed by atoms with Crippen LogP contribution in [0.5, 0.6) is 0 Å². The molecule has 0 aromatic heterocycles. The molecule has 0 rings (SSSR count). The highest BCUT2D eigenvalue weighted by molar-refractivity contribution is 7.47. The minimum Gasteiger partial charge on any atom is -0.462 e. The number of aliphatic hydroxyl groups is 1. The summed E-state index contributed by atoms with van der Waals surface area (Å²) in [5.41, 5.74) is 0. The molecule has 0 aliphatic carbocycles. The molecule has 594 valence electrons. The van der Waals surface area contributed by atoms with Crippen molar-refractivity contribution >= 4 is 39.5 Å². The highest BCUT2D eigenvalue weighted by Crippen LogP contribution is 2.45. The van der Waals surface area contributed by atoms with Crippen LogP contribution < -0.4 is 0 Å². The van der Waals surface area contributed by atoms with Crippen molar-refractivity contribution in [2.75, 3.05) is 39.6 Å². The van der Waals surface area contributed by atoms with Gasteiger partial charge < -0.3 is 33.8 Å². The summed E-state index contributed by atoms with van der Waals surface area (Å²) in [6.45, 7) is 11.9. The highest BCUT2D eigenvalue weighted by Gasteiger charge is 2.30. The maximum Gasteiger partial charge on any atom is 0.472 e. The average Bonchev–Trinajstić information content (AvgIpc) is 0.928. The van der Waals surface area contributed by atoms with Crippen LogP contribution in [0.15, 0.2) is 0 Å². The first-order valence-corrected chi connectivity index (χ1v) is 44.8. The third-order valence-corrected chi connectivity index (χ3v) is 20.8. The van der Waals surface area contributed by atoms with Crippen LogP contribution >= 0.6 is 15.6 Å². The van der Waals surface area contributed by atoms with E-state index < -0.39 is 97.5 Å². The van der Waals surface area contributed by atoms with Crippen molar-refractivity contribution in [2.24, 2.45) is 17.8 Å². The third-order valence-electron chi connectivity index (χ3n) is 18.9. The number of rotatable bonds is 79. The van der Waals surface area contributed by atoms with Crippen LogP contribution in [0.3, 0.4) is 0 Å². The number of hydrogen-bond acceptors (Lipinski definition) is 15. The number of aliphatic hydroxyl groups excluding tert-OH is 1. The van der Waals surface area contributed by atoms with Crippen LogP contribution in [-0.2, 0) is 65.4 Å². The standard InChI is InChI=1S/C81H158O17P2/c1-8-9-10-11-12-13-14-15-16-17-18-19-20-21-22-23-28-35-43-50-57-64-80(85)97-76(68-91-78(83)62-55-48-41-34-27-25-24-26-31-38-45-52-59-72(2)3)70-95-99(87,88)93-66-75(82)67-94-100(89,90)96-71-77(98-81(86)65-58-51-44-37-30-33-40-47-54-61-74(6)7)69-92-79(84)63-56-49-42-36-29-32-39-46-53-60-73(4)5/h72-77,82H,8-71H2,1-7H3,(H,87,88)(H,89,90)/t75-,76-,77-/m1/s1. The van der Waals surface area contributed by atoms with E-state index in [2.05, 4.69) is 48.5 Å². The molecule has 0 heterocycles. The lowest BCUT2D eigenvalue weighted by atomic mass is 10.0. The van der Waals surface area contributed by atoms with Gasteiger partial charge in [-0.15, -0.1) is 0 Å². The van der Waals surface area contributed by atoms with Gasteiger partial charge in [0.15, 0.2) is 12.2 Å². The second-order valence-corrected chi connectivity index (χ2v) is 33.5. The van der Waals surface area contributed by atoms with Crippen LogP contribution in [0.2, 0.25) is 0 Å². The van der Waals surface area contributed by atoms with Gasteiger partial charge in [0.25, 0.3) is 0 Å². The Hall–Kier alpha value is -1.94. The number of esters is 4. The molecular formula is C81H158O17P2. The van der Waals surface area contributed by atoms with Gasteiger partial charge in [-0.2, -0.15) is 0 Å². The van der Waals surface area contributed by atoms with Gasteiger partial charge in [-0.1, -0.05) is 370 Å². The van der Waals surface area contributed by atoms with Crippen molar-refractivity contribution in [1.29, 1.82) is 0 Å². The van der Waals surface area contributed by atoms with Crippen molar-refractivity contribution in [3.63, 3.8) is 0 Å². The monoisotopic (exact) mass is 1470 g/mol. The SMILES string of the molecule is CCCCCCCCCCCCCCCCCCCCCCCC(=O)O[C@H](COC(=O)CCCCCCCCCCCCCCC(C)C)COP(=O)(O)OC[C@@H](O)COP(=O)(O)OC[C@@H](COC(=O)CCCCCCCCCCCC(C)C)OC(=O)CCCCCCCCCCCC(C)C. The van der Waals surface area contributed by atoms with Crippen molar-refractivity contribution in [3.8, 4) is 0 Å². The molecule has 0 radical (unpaired) electrons. The first-order chi connectivity index (χ1) is 48.2. The van der Waals surface area contributed by atoms with Crippen molar-refractivity contribution in [2.45, 2.75) is 439 Å². The zero-order valence-electron chi connectivity index (χ0n) is 65.7. The smallest absolute Gasteiger partial charge is 0.462 e. The summed E-state index contributed by atoms with van der Waals surface area (Å²) in [6.07, 6.45) is 59.8. The van der Waals surface area contributed by atoms with E-state index in [4.69, 9.17) is 37.0 Å². The van der Waals surface area contributed by atoms with Gasteiger partial charge >= 0.3 is 39.5 Å². The molecule has 2 unspecified atom stereocenters. The molecule has 0 aliphatic heterocycles. The Morgan fingerprint density at radius 2 is 0.460 bits per heavy atom. The number of carbonyl (C=O) groups is 4. The Balaban J connectivity index is 5.23. The Labute approximate surface area is 613 Å². The fourth-order valence-electron chi connectivity index (χ4n) is 12.5. The van der Waals surface area contributed by atoms with Gasteiger partial charge in [-0.05, 0) is 43.4 Å². The van der Waals surface area contributed by atoms with Crippen LogP contribution in [0.1, 0.15) is 421 Å². The maximum atomic E-state index is 13.1. The second-order valence-electron chi connectivity index (χ2n) is 30.6. The maximum absolute atomic E-state index is 13.1. The van der Waals surface area contributed by atoms with E-state index in [0.717, 1.165) is 108 Å². The molecule has 17 nitrogen and oxygen atoms in total. The third kappa shape index (κ3) is 74.3. The van der Waals surface area contributed by atoms with E-state index in [-0.39, 0.29) is 25.7 Å². The number of phosphoric acid groups is 2. The van der Waals surface area contributed by atoms with Gasteiger partial charge in [-0.3, -0.25) is 37.3 Å². The molecule has 0 saturated heterocycles. The molecule has 0 saturated carbocycles. The fraction of sp³-hybridized carbons (Fsp3) is 0.951. The Morgan fingerprint density at radius 1 is 0.270 bits per heavy atom. The van der Waals surface area contributed by atoms with E-state index in [1.165, 1.54) is 231 Å². The van der Waals surface area contributed by atoms with Crippen LogP contribution in [0.4, 0.5) is 0 Å². The van der Waals surface area contributed by atoms with Gasteiger partial charge in [0.2, 0.25) is 0 Å². The molecule has 3 N–H and O–H groups in total. The van der Waals surface area contributed by atoms with E-state index in [9.17, 15) is 43.2 Å². The lowest BCUT2D eigenvalue weighted by molar-refractivity contribution is -0.161. The Kier molecular flexibility index (Phi) is 69.9. The predicted molar refractivity (Wildman–Crippen MR) is 409 cm³/mol. The Bertz CT molecular complexity index is 1940. The van der Waals surface area contributed by atoms with Crippen LogP contribution in [0, 0.1) is 17.8 Å². The van der Waals surface area contributed by atoms with E-state index in [0.29, 0.717) is 25.7 Å². The summed E-state index contributed by atoms with van der Waals surface area (Å²) in [5.74, 6) is 0.149. The van der Waals surface area contributed by atoms with E-state index in [1.54, 1.807) is 0 Å². The van der Waals surface area contributed by atoms with Gasteiger partial charge in [0.1, 0.15) is 19.3 Å². The van der Waals surface area contributed by atoms with Gasteiger partial charge in [0, 0.05) is 25.7 Å². The molecule has 0 bridgehead atoms. The van der Waals surface area contributed by atoms with Crippen LogP contribution in [0.25, 0.3) is 0 Å². The minimum absolute atomic E-state index is 0.105. The fourth-order valence-corrected chi connectivity index (χ4v) is 14.1. The minimum atomic E-state index is -4.96. The zero-order chi connectivity index (χ0) is 73.7. The molecule has 0 aromatic rings. The molecule has 0 aliphatic rings. The predicted octanol–water partition coefficient (Wildman–Crippen LogP) is 24.1. The van der Waals surface area contributed by atoms with Crippen molar-refractivity contribution in [1.82, 2.24) is 0 Å². The summed E-state index contributed by atoms with van der Waals surface area (Å²) in [7, 11) is -9.92. The molecule has 19 heteroatoms. The molecule has 0 aromatic carbocycles. The number of unbranched alkanes of at least 4 members (excludes halogenated alkanes) is 47. The molecule has 5 atom stereocenters. The first kappa shape index (κ1) is 98.1. The van der Waals surface area contributed by atoms with E-state index >= 15 is 0 Å². The molecule has 0 spiro atoms. The molecule has 100 heavy (non-hydrogen) atoms. The summed E-state index contributed by atoms with van der Waals surface area (Å²) < 4.78 is 68.7. The van der Waals surface area contributed by atoms with Crippen molar-refractivity contribution < 1.29 is 80.2 Å². The summed E-state index contributed by atoms with van der Waals surface area (Å²) in [4.78, 5) is 73.0. The van der Waals surface area contributed by atoms with Gasteiger partial charge in [-0.25, -0.2) is 9.13 Å². The number of ether oxygens (including phenoxy) is 4. The highest BCUT2D eigenvalue weighted by atomic mass is 31.2. The van der Waals surface area contributed by atoms with Crippen LogP contribution in [-0.4, -0.2) is 96.7 Å². The number of hydrogen-bond donors (Lipinski definition) is 3. The van der Waals surface area contributed by atoms with Gasteiger partial charge in [0.05, 0.1) is 26.4 Å².